The molecular weight excluding hydrogens is 436 g/mol. The fourth-order valence-electron chi connectivity index (χ4n) is 3.41. The van der Waals surface area contributed by atoms with Gasteiger partial charge in [0.25, 0.3) is 0 Å². The number of nitrogens with one attached hydrogen (secondary N) is 1. The van der Waals surface area contributed by atoms with E-state index in [0.29, 0.717) is 12.2 Å². The smallest absolute Gasteiger partial charge is 0.243 e. The van der Waals surface area contributed by atoms with Crippen LogP contribution in [0.25, 0.3) is 5.69 Å². The molecular formula is C25H32N4O3S. The Kier molecular flexibility index (Phi) is 7.39. The molecule has 8 heteroatoms. The number of carbonyl (C=O) groups is 1. The van der Waals surface area contributed by atoms with E-state index in [-0.39, 0.29) is 23.4 Å². The lowest BCUT2D eigenvalue weighted by atomic mass is 9.92. The number of aryl methyl sites for hydroxylation is 1. The third kappa shape index (κ3) is 5.89. The molecule has 0 aliphatic rings. The van der Waals surface area contributed by atoms with Gasteiger partial charge in [-0.1, -0.05) is 58.0 Å². The number of aromatic nitrogens is 2. The van der Waals surface area contributed by atoms with Gasteiger partial charge in [-0.05, 0) is 43.2 Å². The van der Waals surface area contributed by atoms with Crippen molar-refractivity contribution in [3.05, 3.63) is 71.9 Å². The molecule has 2 aromatic carbocycles. The number of benzene rings is 2. The molecule has 0 saturated heterocycles. The summed E-state index contributed by atoms with van der Waals surface area (Å²) in [5.41, 5.74) is 2.49. The largest absolute Gasteiger partial charge is 0.309 e. The Morgan fingerprint density at radius 3 is 2.36 bits per heavy atom. The molecule has 7 nitrogen and oxygen atoms in total. The Morgan fingerprint density at radius 2 is 1.76 bits per heavy atom. The number of rotatable bonds is 8. The molecule has 0 aliphatic heterocycles. The van der Waals surface area contributed by atoms with Gasteiger partial charge in [-0.3, -0.25) is 4.79 Å². The zero-order valence-corrected chi connectivity index (χ0v) is 20.7. The number of hydrogen-bond acceptors (Lipinski definition) is 4. The first-order valence-electron chi connectivity index (χ1n) is 11.0. The van der Waals surface area contributed by atoms with E-state index in [4.69, 9.17) is 5.10 Å². The summed E-state index contributed by atoms with van der Waals surface area (Å²) in [6.45, 7) is 10.00. The molecule has 0 fully saturated rings. The number of nitrogens with zero attached hydrogens (tertiary/aromatic N) is 3. The Morgan fingerprint density at radius 1 is 1.06 bits per heavy atom. The average Bonchev–Trinajstić information content (AvgIpc) is 3.18. The van der Waals surface area contributed by atoms with Gasteiger partial charge in [0.15, 0.2) is 0 Å². The fraction of sp³-hybridized carbons (Fsp3) is 0.360. The zero-order chi connectivity index (χ0) is 24.2. The zero-order valence-electron chi connectivity index (χ0n) is 19.9. The van der Waals surface area contributed by atoms with Gasteiger partial charge < -0.3 is 5.32 Å². The van der Waals surface area contributed by atoms with Crippen molar-refractivity contribution >= 4 is 21.7 Å². The first kappa shape index (κ1) is 24.7. The number of anilines is 1. The lowest BCUT2D eigenvalue weighted by Gasteiger charge is -2.21. The summed E-state index contributed by atoms with van der Waals surface area (Å²) in [4.78, 5) is 13.2. The molecule has 3 aromatic rings. The van der Waals surface area contributed by atoms with E-state index in [1.807, 2.05) is 44.2 Å². The molecule has 0 radical (unpaired) electrons. The predicted octanol–water partition coefficient (Wildman–Crippen LogP) is 4.52. The van der Waals surface area contributed by atoms with Crippen molar-refractivity contribution < 1.29 is 13.2 Å². The molecule has 33 heavy (non-hydrogen) atoms. The monoisotopic (exact) mass is 468 g/mol. The highest BCUT2D eigenvalue weighted by atomic mass is 32.2. The van der Waals surface area contributed by atoms with Crippen molar-refractivity contribution in [1.82, 2.24) is 14.1 Å². The van der Waals surface area contributed by atoms with Gasteiger partial charge in [-0.15, -0.1) is 0 Å². The second-order valence-electron chi connectivity index (χ2n) is 9.12. The molecule has 1 aromatic heterocycles. The second-order valence-corrected chi connectivity index (χ2v) is 11.1. The highest BCUT2D eigenvalue weighted by molar-refractivity contribution is 7.89. The van der Waals surface area contributed by atoms with Crippen LogP contribution in [0.4, 0.5) is 5.82 Å². The summed E-state index contributed by atoms with van der Waals surface area (Å²) in [6, 6.07) is 17.9. The minimum absolute atomic E-state index is 0.172. The maximum absolute atomic E-state index is 13.1. The number of hydrogen-bond donors (Lipinski definition) is 1. The summed E-state index contributed by atoms with van der Waals surface area (Å²) in [7, 11) is -3.79. The molecule has 0 aliphatic carbocycles. The van der Waals surface area contributed by atoms with Crippen LogP contribution in [0.2, 0.25) is 0 Å². The summed E-state index contributed by atoms with van der Waals surface area (Å²) in [5.74, 6) is 0.0845. The predicted molar refractivity (Wildman–Crippen MR) is 131 cm³/mol. The van der Waals surface area contributed by atoms with Crippen LogP contribution in [0.1, 0.15) is 45.4 Å². The normalized spacial score (nSPS) is 12.2. The molecule has 0 unspecified atom stereocenters. The van der Waals surface area contributed by atoms with Gasteiger partial charge in [0.1, 0.15) is 5.82 Å². The molecule has 1 N–H and O–H groups in total. The highest BCUT2D eigenvalue weighted by Gasteiger charge is 2.27. The van der Waals surface area contributed by atoms with Crippen LogP contribution in [0.3, 0.4) is 0 Å². The van der Waals surface area contributed by atoms with Gasteiger partial charge in [0, 0.05) is 18.0 Å². The standard InChI is InChI=1S/C25H32N4O3S/c1-6-15-28(33(31,32)21-13-8-7-9-14-21)18-24(30)26-23-17-22(25(3,4)5)27-29(23)20-12-10-11-19(2)16-20/h7-14,16-17H,6,15,18H2,1-5H3,(H,26,30). The number of sulfonamides is 1. The Hall–Kier alpha value is -2.97. The van der Waals surface area contributed by atoms with Gasteiger partial charge in [-0.2, -0.15) is 9.40 Å². The molecule has 1 heterocycles. The van der Waals surface area contributed by atoms with Crippen molar-refractivity contribution in [1.29, 1.82) is 0 Å². The molecule has 176 valence electrons. The number of carbonyl (C=O) groups excluding carboxylic acids is 1. The first-order chi connectivity index (χ1) is 15.5. The van der Waals surface area contributed by atoms with E-state index in [1.54, 1.807) is 22.9 Å². The van der Waals surface area contributed by atoms with Crippen LogP contribution in [-0.4, -0.2) is 41.5 Å². The fourth-order valence-corrected chi connectivity index (χ4v) is 4.92. The maximum Gasteiger partial charge on any atom is 0.243 e. The minimum Gasteiger partial charge on any atom is -0.309 e. The highest BCUT2D eigenvalue weighted by Crippen LogP contribution is 2.27. The van der Waals surface area contributed by atoms with E-state index in [2.05, 4.69) is 26.1 Å². The van der Waals surface area contributed by atoms with E-state index < -0.39 is 15.9 Å². The second kappa shape index (κ2) is 9.89. The molecule has 0 saturated carbocycles. The summed E-state index contributed by atoms with van der Waals surface area (Å²) in [6.07, 6.45) is 0.592. The quantitative estimate of drug-likeness (QED) is 0.527. The Bertz CT molecular complexity index is 1210. The molecule has 1 amide bonds. The van der Waals surface area contributed by atoms with Crippen molar-refractivity contribution in [3.63, 3.8) is 0 Å². The van der Waals surface area contributed by atoms with Crippen LogP contribution < -0.4 is 5.32 Å². The third-order valence-corrected chi connectivity index (χ3v) is 7.02. The molecule has 0 atom stereocenters. The summed E-state index contributed by atoms with van der Waals surface area (Å²) < 4.78 is 29.1. The topological polar surface area (TPSA) is 84.3 Å². The van der Waals surface area contributed by atoms with Crippen molar-refractivity contribution in [2.45, 2.75) is 51.3 Å². The van der Waals surface area contributed by atoms with Crippen LogP contribution in [0.15, 0.2) is 65.6 Å². The SMILES string of the molecule is CCCN(CC(=O)Nc1cc(C(C)(C)C)nn1-c1cccc(C)c1)S(=O)(=O)c1ccccc1. The summed E-state index contributed by atoms with van der Waals surface area (Å²) >= 11 is 0. The first-order valence-corrected chi connectivity index (χ1v) is 12.5. The minimum atomic E-state index is -3.79. The third-order valence-electron chi connectivity index (χ3n) is 5.17. The van der Waals surface area contributed by atoms with Crippen molar-refractivity contribution in [3.8, 4) is 5.69 Å². The number of amides is 1. The van der Waals surface area contributed by atoms with Crippen molar-refractivity contribution in [2.75, 3.05) is 18.4 Å². The molecule has 3 rings (SSSR count). The van der Waals surface area contributed by atoms with Gasteiger partial charge in [-0.25, -0.2) is 13.1 Å². The Balaban J connectivity index is 1.90. The maximum atomic E-state index is 13.1. The van der Waals surface area contributed by atoms with Crippen LogP contribution in [0.5, 0.6) is 0 Å². The van der Waals surface area contributed by atoms with E-state index in [0.717, 1.165) is 16.9 Å². The van der Waals surface area contributed by atoms with E-state index in [1.165, 1.54) is 16.4 Å². The van der Waals surface area contributed by atoms with Crippen LogP contribution in [0, 0.1) is 6.92 Å². The van der Waals surface area contributed by atoms with Crippen LogP contribution >= 0.6 is 0 Å². The average molecular weight is 469 g/mol. The molecule has 0 bridgehead atoms. The van der Waals surface area contributed by atoms with Crippen LogP contribution in [-0.2, 0) is 20.2 Å². The van der Waals surface area contributed by atoms with E-state index in [9.17, 15) is 13.2 Å². The Labute approximate surface area is 196 Å². The van der Waals surface area contributed by atoms with Crippen molar-refractivity contribution in [2.24, 2.45) is 0 Å². The lowest BCUT2D eigenvalue weighted by molar-refractivity contribution is -0.116. The summed E-state index contributed by atoms with van der Waals surface area (Å²) in [5, 5.41) is 7.62. The lowest BCUT2D eigenvalue weighted by Crippen LogP contribution is -2.38. The van der Waals surface area contributed by atoms with Gasteiger partial charge in [0.2, 0.25) is 15.9 Å². The van der Waals surface area contributed by atoms with E-state index >= 15 is 0 Å². The molecule has 0 spiro atoms. The van der Waals surface area contributed by atoms with Gasteiger partial charge in [0.05, 0.1) is 22.8 Å². The van der Waals surface area contributed by atoms with Gasteiger partial charge >= 0.3 is 0 Å².